The van der Waals surface area contributed by atoms with E-state index in [4.69, 9.17) is 16.9 Å². The van der Waals surface area contributed by atoms with Crippen molar-refractivity contribution in [1.82, 2.24) is 5.32 Å². The van der Waals surface area contributed by atoms with Crippen LogP contribution in [0, 0.1) is 11.3 Å². The minimum absolute atomic E-state index is 0.214. The highest BCUT2D eigenvalue weighted by Gasteiger charge is 2.11. The molecule has 0 saturated carbocycles. The minimum Gasteiger partial charge on any atom is -0.380 e. The molecule has 0 bridgehead atoms. The molecular weight excluding hydrogens is 286 g/mol. The molecule has 0 radical (unpaired) electrons. The molecular formula is C16H14ClN3O. The first-order valence-electron chi connectivity index (χ1n) is 6.39. The lowest BCUT2D eigenvalue weighted by Crippen LogP contribution is -2.19. The summed E-state index contributed by atoms with van der Waals surface area (Å²) >= 11 is 5.93. The van der Waals surface area contributed by atoms with Gasteiger partial charge < -0.3 is 10.6 Å². The Hall–Kier alpha value is -2.51. The fourth-order valence-electron chi connectivity index (χ4n) is 1.97. The van der Waals surface area contributed by atoms with Gasteiger partial charge in [0, 0.05) is 24.3 Å². The highest BCUT2D eigenvalue weighted by molar-refractivity contribution is 6.31. The van der Waals surface area contributed by atoms with Crippen molar-refractivity contribution >= 4 is 23.2 Å². The summed E-state index contributed by atoms with van der Waals surface area (Å²) in [4.78, 5) is 11.9. The Labute approximate surface area is 128 Å². The maximum Gasteiger partial charge on any atom is 0.253 e. The van der Waals surface area contributed by atoms with E-state index in [1.54, 1.807) is 31.3 Å². The fraction of sp³-hybridized carbons (Fsp3) is 0.125. The Kier molecular flexibility index (Phi) is 4.81. The molecule has 1 amide bonds. The Morgan fingerprint density at radius 1 is 1.29 bits per heavy atom. The number of anilines is 1. The van der Waals surface area contributed by atoms with Crippen molar-refractivity contribution in [2.75, 3.05) is 12.4 Å². The molecule has 0 spiro atoms. The average molecular weight is 300 g/mol. The van der Waals surface area contributed by atoms with Gasteiger partial charge >= 0.3 is 0 Å². The summed E-state index contributed by atoms with van der Waals surface area (Å²) in [5.74, 6) is -0.214. The van der Waals surface area contributed by atoms with Crippen molar-refractivity contribution in [2.24, 2.45) is 0 Å². The molecule has 0 atom stereocenters. The van der Waals surface area contributed by atoms with Crippen LogP contribution in [0.5, 0.6) is 0 Å². The number of carbonyl (C=O) groups is 1. The molecule has 4 nitrogen and oxygen atoms in total. The molecule has 0 heterocycles. The van der Waals surface area contributed by atoms with Crippen molar-refractivity contribution in [3.05, 3.63) is 64.2 Å². The van der Waals surface area contributed by atoms with E-state index in [1.807, 2.05) is 18.2 Å². The summed E-state index contributed by atoms with van der Waals surface area (Å²) in [5.41, 5.74) is 2.63. The van der Waals surface area contributed by atoms with Gasteiger partial charge in [-0.3, -0.25) is 4.79 Å². The summed E-state index contributed by atoms with van der Waals surface area (Å²) < 4.78 is 0. The van der Waals surface area contributed by atoms with Crippen LogP contribution in [0.1, 0.15) is 21.5 Å². The zero-order chi connectivity index (χ0) is 15.2. The Balaban J connectivity index is 2.24. The van der Waals surface area contributed by atoms with Crippen molar-refractivity contribution in [1.29, 1.82) is 5.26 Å². The van der Waals surface area contributed by atoms with E-state index >= 15 is 0 Å². The van der Waals surface area contributed by atoms with Gasteiger partial charge in [0.05, 0.1) is 17.2 Å². The van der Waals surface area contributed by atoms with Gasteiger partial charge in [-0.05, 0) is 29.8 Å². The molecule has 0 saturated heterocycles. The van der Waals surface area contributed by atoms with Gasteiger partial charge in [0.2, 0.25) is 0 Å². The molecule has 5 heteroatoms. The maximum absolute atomic E-state index is 11.9. The van der Waals surface area contributed by atoms with Gasteiger partial charge in [0.25, 0.3) is 5.91 Å². The Morgan fingerprint density at radius 3 is 2.76 bits per heavy atom. The van der Waals surface area contributed by atoms with Gasteiger partial charge in [-0.25, -0.2) is 0 Å². The molecule has 0 aliphatic rings. The first-order valence-corrected chi connectivity index (χ1v) is 6.77. The monoisotopic (exact) mass is 299 g/mol. The third-order valence-electron chi connectivity index (χ3n) is 3.06. The quantitative estimate of drug-likeness (QED) is 0.911. The Bertz CT molecular complexity index is 707. The van der Waals surface area contributed by atoms with Crippen molar-refractivity contribution in [3.8, 4) is 6.07 Å². The number of nitrogens with one attached hydrogen (secondary N) is 2. The van der Waals surface area contributed by atoms with E-state index in [2.05, 4.69) is 16.7 Å². The van der Waals surface area contributed by atoms with Gasteiger partial charge in [-0.2, -0.15) is 5.26 Å². The number of benzene rings is 2. The van der Waals surface area contributed by atoms with Crippen LogP contribution >= 0.6 is 11.6 Å². The number of hydrogen-bond acceptors (Lipinski definition) is 3. The van der Waals surface area contributed by atoms with E-state index in [0.29, 0.717) is 28.4 Å². The van der Waals surface area contributed by atoms with Crippen LogP contribution in [0.15, 0.2) is 42.5 Å². The molecule has 2 rings (SSSR count). The summed E-state index contributed by atoms with van der Waals surface area (Å²) in [5, 5.41) is 15.3. The molecule has 2 aromatic carbocycles. The van der Waals surface area contributed by atoms with Crippen LogP contribution in [0.4, 0.5) is 5.69 Å². The van der Waals surface area contributed by atoms with Crippen LogP contribution in [-0.2, 0) is 6.54 Å². The number of rotatable bonds is 4. The van der Waals surface area contributed by atoms with Gasteiger partial charge in [0.1, 0.15) is 0 Å². The van der Waals surface area contributed by atoms with Crippen molar-refractivity contribution < 1.29 is 4.79 Å². The van der Waals surface area contributed by atoms with Gasteiger partial charge in [-0.15, -0.1) is 0 Å². The topological polar surface area (TPSA) is 64.9 Å². The van der Waals surface area contributed by atoms with E-state index in [0.717, 1.165) is 5.56 Å². The highest BCUT2D eigenvalue weighted by atomic mass is 35.5. The van der Waals surface area contributed by atoms with Crippen LogP contribution in [0.3, 0.4) is 0 Å². The van der Waals surface area contributed by atoms with E-state index in [9.17, 15) is 4.79 Å². The standard InChI is InChI=1S/C16H14ClN3O/c1-19-16(21)14-8-13(17)6-7-15(14)20-10-12-5-3-2-4-11(12)9-18/h2-8,20H,10H2,1H3,(H,19,21). The summed E-state index contributed by atoms with van der Waals surface area (Å²) in [6, 6.07) is 14.6. The number of carbonyl (C=O) groups excluding carboxylic acids is 1. The molecule has 0 aromatic heterocycles. The van der Waals surface area contributed by atoms with Crippen LogP contribution in [0.25, 0.3) is 0 Å². The number of hydrogen-bond donors (Lipinski definition) is 2. The molecule has 2 N–H and O–H groups in total. The van der Waals surface area contributed by atoms with Gasteiger partial charge in [0.15, 0.2) is 0 Å². The number of amides is 1. The first-order chi connectivity index (χ1) is 10.2. The zero-order valence-electron chi connectivity index (χ0n) is 11.5. The number of halogens is 1. The molecule has 2 aromatic rings. The Morgan fingerprint density at radius 2 is 2.05 bits per heavy atom. The lowest BCUT2D eigenvalue weighted by molar-refractivity contribution is 0.0964. The maximum atomic E-state index is 11.9. The number of nitriles is 1. The molecule has 0 aliphatic carbocycles. The fourth-order valence-corrected chi connectivity index (χ4v) is 2.14. The second-order valence-corrected chi connectivity index (χ2v) is 4.83. The van der Waals surface area contributed by atoms with Crippen LogP contribution < -0.4 is 10.6 Å². The second kappa shape index (κ2) is 6.78. The van der Waals surface area contributed by atoms with Crippen molar-refractivity contribution in [2.45, 2.75) is 6.54 Å². The second-order valence-electron chi connectivity index (χ2n) is 4.39. The average Bonchev–Trinajstić information content (AvgIpc) is 2.53. The minimum atomic E-state index is -0.214. The largest absolute Gasteiger partial charge is 0.380 e. The van der Waals surface area contributed by atoms with E-state index < -0.39 is 0 Å². The smallest absolute Gasteiger partial charge is 0.253 e. The third kappa shape index (κ3) is 3.53. The summed E-state index contributed by atoms with van der Waals surface area (Å²) in [6.45, 7) is 0.454. The molecule has 0 aliphatic heterocycles. The SMILES string of the molecule is CNC(=O)c1cc(Cl)ccc1NCc1ccccc1C#N. The lowest BCUT2D eigenvalue weighted by Gasteiger charge is -2.12. The molecule has 21 heavy (non-hydrogen) atoms. The predicted molar refractivity (Wildman–Crippen MR) is 83.3 cm³/mol. The third-order valence-corrected chi connectivity index (χ3v) is 3.30. The zero-order valence-corrected chi connectivity index (χ0v) is 12.2. The molecule has 0 fully saturated rings. The van der Waals surface area contributed by atoms with Gasteiger partial charge in [-0.1, -0.05) is 29.8 Å². The van der Waals surface area contributed by atoms with E-state index in [1.165, 1.54) is 0 Å². The van der Waals surface area contributed by atoms with Crippen LogP contribution in [-0.4, -0.2) is 13.0 Å². The van der Waals surface area contributed by atoms with Crippen LogP contribution in [0.2, 0.25) is 5.02 Å². The normalized spacial score (nSPS) is 9.76. The lowest BCUT2D eigenvalue weighted by atomic mass is 10.1. The van der Waals surface area contributed by atoms with Crippen molar-refractivity contribution in [3.63, 3.8) is 0 Å². The predicted octanol–water partition coefficient (Wildman–Crippen LogP) is 3.18. The first kappa shape index (κ1) is 14.9. The molecule has 0 unspecified atom stereocenters. The summed E-state index contributed by atoms with van der Waals surface area (Å²) in [6.07, 6.45) is 0. The number of nitrogens with zero attached hydrogens (tertiary/aromatic N) is 1. The molecule has 106 valence electrons. The van der Waals surface area contributed by atoms with E-state index in [-0.39, 0.29) is 5.91 Å². The summed E-state index contributed by atoms with van der Waals surface area (Å²) in [7, 11) is 1.57. The highest BCUT2D eigenvalue weighted by Crippen LogP contribution is 2.21.